The number of thioether (sulfide) groups is 1. The molecule has 2 nitrogen and oxygen atoms in total. The Labute approximate surface area is 103 Å². The summed E-state index contributed by atoms with van der Waals surface area (Å²) in [5.74, 6) is 0.863. The first-order valence-corrected chi connectivity index (χ1v) is 6.93. The molecule has 1 aromatic carbocycles. The van der Waals surface area contributed by atoms with Crippen LogP contribution in [0.2, 0.25) is 0 Å². The SMILES string of the molecule is CSc1cc(C#N)ccc1OCCCBr. The van der Waals surface area contributed by atoms with Gasteiger partial charge in [0.05, 0.1) is 23.1 Å². The first-order chi connectivity index (χ1) is 7.31. The zero-order valence-corrected chi connectivity index (χ0v) is 10.9. The summed E-state index contributed by atoms with van der Waals surface area (Å²) in [7, 11) is 0. The second-order valence-corrected chi connectivity index (χ2v) is 4.51. The van der Waals surface area contributed by atoms with Crippen LogP contribution in [0.4, 0.5) is 0 Å². The smallest absolute Gasteiger partial charge is 0.132 e. The average molecular weight is 286 g/mol. The Morgan fingerprint density at radius 2 is 2.33 bits per heavy atom. The maximum Gasteiger partial charge on any atom is 0.132 e. The Bertz CT molecular complexity index is 362. The lowest BCUT2D eigenvalue weighted by Crippen LogP contribution is -1.98. The van der Waals surface area contributed by atoms with Crippen LogP contribution in [0.15, 0.2) is 23.1 Å². The van der Waals surface area contributed by atoms with Gasteiger partial charge in [-0.3, -0.25) is 0 Å². The van der Waals surface area contributed by atoms with E-state index in [1.807, 2.05) is 18.4 Å². The molecular formula is C11H12BrNOS. The van der Waals surface area contributed by atoms with E-state index in [-0.39, 0.29) is 0 Å². The predicted octanol–water partition coefficient (Wildman–Crippen LogP) is 3.44. The normalized spacial score (nSPS) is 9.67. The van der Waals surface area contributed by atoms with E-state index in [0.29, 0.717) is 12.2 Å². The molecule has 0 radical (unpaired) electrons. The predicted molar refractivity (Wildman–Crippen MR) is 66.8 cm³/mol. The highest BCUT2D eigenvalue weighted by Crippen LogP contribution is 2.28. The van der Waals surface area contributed by atoms with Gasteiger partial charge >= 0.3 is 0 Å². The molecule has 0 atom stereocenters. The second-order valence-electron chi connectivity index (χ2n) is 2.87. The molecule has 0 fully saturated rings. The Morgan fingerprint density at radius 3 is 2.93 bits per heavy atom. The van der Waals surface area contributed by atoms with Gasteiger partial charge in [-0.25, -0.2) is 0 Å². The van der Waals surface area contributed by atoms with Crippen molar-refractivity contribution >= 4 is 27.7 Å². The number of nitrogens with zero attached hydrogens (tertiary/aromatic N) is 1. The molecule has 80 valence electrons. The lowest BCUT2D eigenvalue weighted by molar-refractivity contribution is 0.312. The fourth-order valence-electron chi connectivity index (χ4n) is 1.09. The van der Waals surface area contributed by atoms with E-state index < -0.39 is 0 Å². The first-order valence-electron chi connectivity index (χ1n) is 4.58. The van der Waals surface area contributed by atoms with Gasteiger partial charge in [-0.2, -0.15) is 5.26 Å². The number of halogens is 1. The quantitative estimate of drug-likeness (QED) is 0.472. The summed E-state index contributed by atoms with van der Waals surface area (Å²) >= 11 is 4.95. The second kappa shape index (κ2) is 6.76. The fourth-order valence-corrected chi connectivity index (χ4v) is 1.89. The van der Waals surface area contributed by atoms with E-state index in [4.69, 9.17) is 10.00 Å². The van der Waals surface area contributed by atoms with E-state index in [9.17, 15) is 0 Å². The van der Waals surface area contributed by atoms with Gasteiger partial charge < -0.3 is 4.74 Å². The summed E-state index contributed by atoms with van der Waals surface area (Å²) in [5, 5.41) is 9.70. The van der Waals surface area contributed by atoms with Gasteiger partial charge in [-0.15, -0.1) is 11.8 Å². The molecule has 0 bridgehead atoms. The highest BCUT2D eigenvalue weighted by atomic mass is 79.9. The van der Waals surface area contributed by atoms with Crippen molar-refractivity contribution in [2.45, 2.75) is 11.3 Å². The summed E-state index contributed by atoms with van der Waals surface area (Å²) in [6.07, 6.45) is 2.96. The van der Waals surface area contributed by atoms with Crippen LogP contribution >= 0.6 is 27.7 Å². The van der Waals surface area contributed by atoms with Crippen LogP contribution in [0.5, 0.6) is 5.75 Å². The van der Waals surface area contributed by atoms with Crippen molar-refractivity contribution in [1.29, 1.82) is 5.26 Å². The van der Waals surface area contributed by atoms with Gasteiger partial charge in [0.2, 0.25) is 0 Å². The monoisotopic (exact) mass is 285 g/mol. The third-order valence-corrected chi connectivity index (χ3v) is 3.15. The Hall–Kier alpha value is -0.660. The van der Waals surface area contributed by atoms with Crippen LogP contribution in [-0.2, 0) is 0 Å². The first kappa shape index (κ1) is 12.4. The minimum absolute atomic E-state index is 0.673. The standard InChI is InChI=1S/C11H12BrNOS/c1-15-11-7-9(8-13)3-4-10(11)14-6-2-5-12/h3-4,7H,2,5-6H2,1H3. The minimum Gasteiger partial charge on any atom is -0.492 e. The molecule has 15 heavy (non-hydrogen) atoms. The van der Waals surface area contributed by atoms with Crippen LogP contribution in [0.1, 0.15) is 12.0 Å². The zero-order chi connectivity index (χ0) is 11.1. The number of hydrogen-bond donors (Lipinski definition) is 0. The van der Waals surface area contributed by atoms with E-state index in [1.54, 1.807) is 17.8 Å². The van der Waals surface area contributed by atoms with Gasteiger partial charge in [0.1, 0.15) is 5.75 Å². The number of alkyl halides is 1. The highest BCUT2D eigenvalue weighted by Gasteiger charge is 2.03. The van der Waals surface area contributed by atoms with Crippen LogP contribution < -0.4 is 4.74 Å². The van der Waals surface area contributed by atoms with E-state index in [1.165, 1.54) is 0 Å². The van der Waals surface area contributed by atoms with Crippen molar-refractivity contribution in [3.8, 4) is 11.8 Å². The summed E-state index contributed by atoms with van der Waals surface area (Å²) in [6.45, 7) is 0.699. The van der Waals surface area contributed by atoms with Crippen molar-refractivity contribution in [2.75, 3.05) is 18.2 Å². The number of nitriles is 1. The molecule has 0 aliphatic heterocycles. The fraction of sp³-hybridized carbons (Fsp3) is 0.364. The minimum atomic E-state index is 0.673. The Kier molecular flexibility index (Phi) is 5.59. The molecule has 0 heterocycles. The van der Waals surface area contributed by atoms with Gasteiger partial charge in [-0.05, 0) is 30.9 Å². The van der Waals surface area contributed by atoms with Crippen molar-refractivity contribution < 1.29 is 4.74 Å². The molecule has 0 unspecified atom stereocenters. The third kappa shape index (κ3) is 3.77. The van der Waals surface area contributed by atoms with Gasteiger partial charge in [-0.1, -0.05) is 15.9 Å². The molecule has 0 saturated carbocycles. The molecule has 0 N–H and O–H groups in total. The van der Waals surface area contributed by atoms with Crippen molar-refractivity contribution in [2.24, 2.45) is 0 Å². The number of benzene rings is 1. The van der Waals surface area contributed by atoms with Crippen LogP contribution in [-0.4, -0.2) is 18.2 Å². The van der Waals surface area contributed by atoms with Crippen molar-refractivity contribution in [3.63, 3.8) is 0 Å². The van der Waals surface area contributed by atoms with Crippen LogP contribution in [0.25, 0.3) is 0 Å². The molecular weight excluding hydrogens is 274 g/mol. The molecule has 0 saturated heterocycles. The van der Waals surface area contributed by atoms with Gasteiger partial charge in [0, 0.05) is 5.33 Å². The number of hydrogen-bond acceptors (Lipinski definition) is 3. The Morgan fingerprint density at radius 1 is 1.53 bits per heavy atom. The molecule has 0 aromatic heterocycles. The van der Waals surface area contributed by atoms with Gasteiger partial charge in [0.25, 0.3) is 0 Å². The topological polar surface area (TPSA) is 33.0 Å². The summed E-state index contributed by atoms with van der Waals surface area (Å²) < 4.78 is 5.61. The maximum atomic E-state index is 8.76. The maximum absolute atomic E-state index is 8.76. The molecule has 4 heteroatoms. The molecule has 0 amide bonds. The average Bonchev–Trinajstić information content (AvgIpc) is 2.29. The summed E-state index contributed by atoms with van der Waals surface area (Å²) in [6, 6.07) is 7.62. The van der Waals surface area contributed by atoms with Crippen molar-refractivity contribution in [1.82, 2.24) is 0 Å². The molecule has 1 rings (SSSR count). The summed E-state index contributed by atoms with van der Waals surface area (Å²) in [5.41, 5.74) is 0.673. The molecule has 1 aromatic rings. The van der Waals surface area contributed by atoms with E-state index in [2.05, 4.69) is 22.0 Å². The lowest BCUT2D eigenvalue weighted by atomic mass is 10.2. The van der Waals surface area contributed by atoms with Crippen molar-refractivity contribution in [3.05, 3.63) is 23.8 Å². The molecule has 0 aliphatic carbocycles. The van der Waals surface area contributed by atoms with E-state index in [0.717, 1.165) is 22.4 Å². The largest absolute Gasteiger partial charge is 0.492 e. The van der Waals surface area contributed by atoms with Crippen LogP contribution in [0.3, 0.4) is 0 Å². The molecule has 0 aliphatic rings. The van der Waals surface area contributed by atoms with E-state index >= 15 is 0 Å². The third-order valence-electron chi connectivity index (χ3n) is 1.83. The highest BCUT2D eigenvalue weighted by molar-refractivity contribution is 9.09. The van der Waals surface area contributed by atoms with Gasteiger partial charge in [0.15, 0.2) is 0 Å². The summed E-state index contributed by atoms with van der Waals surface area (Å²) in [4.78, 5) is 1.02. The number of rotatable bonds is 5. The number of ether oxygens (including phenoxy) is 1. The lowest BCUT2D eigenvalue weighted by Gasteiger charge is -2.09. The Balaban J connectivity index is 2.75. The van der Waals surface area contributed by atoms with Crippen LogP contribution in [0, 0.1) is 11.3 Å². The zero-order valence-electron chi connectivity index (χ0n) is 8.50. The molecule has 0 spiro atoms.